The minimum atomic E-state index is -0.507. The normalized spacial score (nSPS) is 18.5. The largest absolute Gasteiger partial charge is 0.348 e. The number of urea groups is 1. The van der Waals surface area contributed by atoms with Gasteiger partial charge in [0.05, 0.1) is 6.04 Å². The van der Waals surface area contributed by atoms with Gasteiger partial charge in [0, 0.05) is 0 Å². The second-order valence-corrected chi connectivity index (χ2v) is 6.35. The van der Waals surface area contributed by atoms with E-state index in [0.717, 1.165) is 22.4 Å². The van der Waals surface area contributed by atoms with Crippen molar-refractivity contribution in [1.29, 1.82) is 0 Å². The first kappa shape index (κ1) is 18.0. The van der Waals surface area contributed by atoms with Gasteiger partial charge in [-0.25, -0.2) is 4.79 Å². The van der Waals surface area contributed by atoms with E-state index in [-0.39, 0.29) is 24.4 Å². The molecule has 1 heterocycles. The van der Waals surface area contributed by atoms with Crippen molar-refractivity contribution < 1.29 is 14.4 Å². The number of carbonyl (C=O) groups is 3. The van der Waals surface area contributed by atoms with Crippen molar-refractivity contribution in [3.63, 3.8) is 0 Å². The highest BCUT2D eigenvalue weighted by molar-refractivity contribution is 6.06. The van der Waals surface area contributed by atoms with E-state index in [2.05, 4.69) is 10.6 Å². The highest BCUT2D eigenvalue weighted by Crippen LogP contribution is 2.17. The summed E-state index contributed by atoms with van der Waals surface area (Å²) in [6.45, 7) is 7.63. The van der Waals surface area contributed by atoms with Crippen LogP contribution in [0, 0.1) is 13.8 Å². The van der Waals surface area contributed by atoms with Gasteiger partial charge in [0.1, 0.15) is 12.6 Å². The van der Waals surface area contributed by atoms with Gasteiger partial charge in [-0.2, -0.15) is 0 Å². The molecule has 1 aromatic carbocycles. The van der Waals surface area contributed by atoms with Crippen molar-refractivity contribution in [1.82, 2.24) is 15.5 Å². The number of rotatable bonds is 6. The molecule has 0 aliphatic carbocycles. The highest BCUT2D eigenvalue weighted by atomic mass is 16.2. The molecule has 6 heteroatoms. The lowest BCUT2D eigenvalue weighted by atomic mass is 10.0. The standard InChI is InChI=1S/C18H25N3O3/c1-5-6-15-17(23)21(18(24)20-15)10-16(22)19-13(4)14-8-7-11(2)12(3)9-14/h7-9,13,15H,5-6,10H2,1-4H3,(H,19,22)(H,20,24)/t13-,15+/m0/s1. The van der Waals surface area contributed by atoms with Crippen LogP contribution in [0.2, 0.25) is 0 Å². The molecule has 24 heavy (non-hydrogen) atoms. The molecule has 1 aliphatic rings. The quantitative estimate of drug-likeness (QED) is 0.785. The van der Waals surface area contributed by atoms with Crippen LogP contribution in [0.4, 0.5) is 4.79 Å². The maximum atomic E-state index is 12.2. The van der Waals surface area contributed by atoms with E-state index in [1.54, 1.807) is 0 Å². The molecule has 0 spiro atoms. The molecule has 0 radical (unpaired) electrons. The molecule has 1 saturated heterocycles. The summed E-state index contributed by atoms with van der Waals surface area (Å²) in [5, 5.41) is 5.46. The molecule has 0 bridgehead atoms. The average molecular weight is 331 g/mol. The van der Waals surface area contributed by atoms with Gasteiger partial charge in [-0.05, 0) is 43.9 Å². The Bertz CT molecular complexity index is 657. The lowest BCUT2D eigenvalue weighted by molar-refractivity contribution is -0.132. The Hall–Kier alpha value is -2.37. The van der Waals surface area contributed by atoms with E-state index in [0.29, 0.717) is 6.42 Å². The minimum Gasteiger partial charge on any atom is -0.348 e. The van der Waals surface area contributed by atoms with Crippen LogP contribution < -0.4 is 10.6 Å². The van der Waals surface area contributed by atoms with Crippen LogP contribution in [0.1, 0.15) is 49.4 Å². The lowest BCUT2D eigenvalue weighted by Gasteiger charge is -2.18. The van der Waals surface area contributed by atoms with Crippen LogP contribution in [0.25, 0.3) is 0 Å². The van der Waals surface area contributed by atoms with Crippen LogP contribution in [0.15, 0.2) is 18.2 Å². The molecule has 0 saturated carbocycles. The van der Waals surface area contributed by atoms with E-state index < -0.39 is 12.1 Å². The summed E-state index contributed by atoms with van der Waals surface area (Å²) in [6, 6.07) is 4.83. The zero-order valence-corrected chi connectivity index (χ0v) is 14.7. The Kier molecular flexibility index (Phi) is 5.59. The summed E-state index contributed by atoms with van der Waals surface area (Å²) < 4.78 is 0. The molecular formula is C18H25N3O3. The van der Waals surface area contributed by atoms with E-state index in [4.69, 9.17) is 0 Å². The Balaban J connectivity index is 1.96. The number of imide groups is 1. The average Bonchev–Trinajstić information content (AvgIpc) is 2.78. The fourth-order valence-electron chi connectivity index (χ4n) is 2.76. The first-order chi connectivity index (χ1) is 11.3. The number of nitrogens with zero attached hydrogens (tertiary/aromatic N) is 1. The maximum absolute atomic E-state index is 12.2. The van der Waals surface area contributed by atoms with Gasteiger partial charge in [-0.3, -0.25) is 14.5 Å². The van der Waals surface area contributed by atoms with Crippen LogP contribution in [0.5, 0.6) is 0 Å². The van der Waals surface area contributed by atoms with Crippen molar-refractivity contribution in [3.8, 4) is 0 Å². The van der Waals surface area contributed by atoms with Gasteiger partial charge >= 0.3 is 6.03 Å². The van der Waals surface area contributed by atoms with Crippen molar-refractivity contribution >= 4 is 17.8 Å². The molecule has 2 N–H and O–H groups in total. The van der Waals surface area contributed by atoms with Gasteiger partial charge in [-0.15, -0.1) is 0 Å². The van der Waals surface area contributed by atoms with E-state index in [1.807, 2.05) is 45.9 Å². The molecule has 4 amide bonds. The van der Waals surface area contributed by atoms with Gasteiger partial charge in [0.15, 0.2) is 0 Å². The number of carbonyl (C=O) groups excluding carboxylic acids is 3. The number of hydrogen-bond donors (Lipinski definition) is 2. The number of hydrogen-bond acceptors (Lipinski definition) is 3. The summed E-state index contributed by atoms with van der Waals surface area (Å²) in [6.07, 6.45) is 1.38. The molecule has 6 nitrogen and oxygen atoms in total. The van der Waals surface area contributed by atoms with Crippen molar-refractivity contribution in [2.75, 3.05) is 6.54 Å². The number of benzene rings is 1. The third-order valence-corrected chi connectivity index (χ3v) is 4.39. The third kappa shape index (κ3) is 3.93. The Morgan fingerprint density at radius 1 is 1.29 bits per heavy atom. The SMILES string of the molecule is CCC[C@H]1NC(=O)N(CC(=O)N[C@@H](C)c2ccc(C)c(C)c2)C1=O. The zero-order chi connectivity index (χ0) is 17.9. The topological polar surface area (TPSA) is 78.5 Å². The predicted molar refractivity (Wildman–Crippen MR) is 91.4 cm³/mol. The highest BCUT2D eigenvalue weighted by Gasteiger charge is 2.38. The molecule has 1 fully saturated rings. The fourth-order valence-corrected chi connectivity index (χ4v) is 2.76. The number of aryl methyl sites for hydroxylation is 2. The second-order valence-electron chi connectivity index (χ2n) is 6.35. The predicted octanol–water partition coefficient (Wildman–Crippen LogP) is 2.20. The summed E-state index contributed by atoms with van der Waals surface area (Å²) in [4.78, 5) is 37.2. The van der Waals surface area contributed by atoms with E-state index in [1.165, 1.54) is 5.56 Å². The number of nitrogens with one attached hydrogen (secondary N) is 2. The second kappa shape index (κ2) is 7.47. The molecule has 1 aromatic rings. The summed E-state index contributed by atoms with van der Waals surface area (Å²) >= 11 is 0. The van der Waals surface area contributed by atoms with Gasteiger partial charge in [0.2, 0.25) is 5.91 Å². The van der Waals surface area contributed by atoms with Crippen molar-refractivity contribution in [2.24, 2.45) is 0 Å². The van der Waals surface area contributed by atoms with Gasteiger partial charge in [-0.1, -0.05) is 31.5 Å². The Labute approximate surface area is 142 Å². The molecule has 130 valence electrons. The van der Waals surface area contributed by atoms with Gasteiger partial charge < -0.3 is 10.6 Å². The van der Waals surface area contributed by atoms with E-state index in [9.17, 15) is 14.4 Å². The first-order valence-corrected chi connectivity index (χ1v) is 8.31. The van der Waals surface area contributed by atoms with Gasteiger partial charge in [0.25, 0.3) is 5.91 Å². The molecule has 0 unspecified atom stereocenters. The lowest BCUT2D eigenvalue weighted by Crippen LogP contribution is -2.41. The van der Waals surface area contributed by atoms with Crippen molar-refractivity contribution in [2.45, 2.75) is 52.6 Å². The summed E-state index contributed by atoms with van der Waals surface area (Å²) in [5.41, 5.74) is 3.34. The summed E-state index contributed by atoms with van der Waals surface area (Å²) in [7, 11) is 0. The molecule has 2 rings (SSSR count). The van der Waals surface area contributed by atoms with E-state index >= 15 is 0 Å². The van der Waals surface area contributed by atoms with Crippen LogP contribution in [-0.2, 0) is 9.59 Å². The summed E-state index contributed by atoms with van der Waals surface area (Å²) in [5.74, 6) is -0.669. The molecule has 2 atom stereocenters. The van der Waals surface area contributed by atoms with Crippen LogP contribution >= 0.6 is 0 Å². The smallest absolute Gasteiger partial charge is 0.325 e. The fraction of sp³-hybridized carbons (Fsp3) is 0.500. The molecular weight excluding hydrogens is 306 g/mol. The Morgan fingerprint density at radius 2 is 2.00 bits per heavy atom. The minimum absolute atomic E-state index is 0.191. The molecule has 1 aliphatic heterocycles. The first-order valence-electron chi connectivity index (χ1n) is 8.31. The third-order valence-electron chi connectivity index (χ3n) is 4.39. The molecule has 0 aromatic heterocycles. The van der Waals surface area contributed by atoms with Crippen LogP contribution in [0.3, 0.4) is 0 Å². The maximum Gasteiger partial charge on any atom is 0.325 e. The van der Waals surface area contributed by atoms with Crippen molar-refractivity contribution in [3.05, 3.63) is 34.9 Å². The zero-order valence-electron chi connectivity index (χ0n) is 14.7. The monoisotopic (exact) mass is 331 g/mol. The Morgan fingerprint density at radius 3 is 2.62 bits per heavy atom. The van der Waals surface area contributed by atoms with Crippen LogP contribution in [-0.4, -0.2) is 35.3 Å². The number of amides is 4.